The van der Waals surface area contributed by atoms with Crippen molar-refractivity contribution in [2.75, 3.05) is 6.51 Å². The van der Waals surface area contributed by atoms with Gasteiger partial charge in [0, 0.05) is 6.51 Å². The summed E-state index contributed by atoms with van der Waals surface area (Å²) in [5, 5.41) is 0.949. The molecule has 0 aliphatic heterocycles. The van der Waals surface area contributed by atoms with Crippen LogP contribution in [0.25, 0.3) is 17.7 Å². The highest BCUT2D eigenvalue weighted by molar-refractivity contribution is 6.08. The van der Waals surface area contributed by atoms with Crippen LogP contribution >= 0.6 is 0 Å². The van der Waals surface area contributed by atoms with E-state index < -0.39 is 0 Å². The molecule has 0 unspecified atom stereocenters. The second-order valence-electron chi connectivity index (χ2n) is 4.35. The van der Waals surface area contributed by atoms with Crippen molar-refractivity contribution < 1.29 is 9.15 Å². The van der Waals surface area contributed by atoms with Gasteiger partial charge in [-0.1, -0.05) is 12.2 Å². The fourth-order valence-corrected chi connectivity index (χ4v) is 2.28. The fraction of sp³-hybridized carbons (Fsp3) is 0.357. The van der Waals surface area contributed by atoms with E-state index in [2.05, 4.69) is 23.2 Å². The average Bonchev–Trinajstić information content (AvgIpc) is 2.83. The lowest BCUT2D eigenvalue weighted by Crippen LogP contribution is -2.23. The molecule has 0 amide bonds. The first kappa shape index (κ1) is 11.4. The topological polar surface area (TPSA) is 35.3 Å². The van der Waals surface area contributed by atoms with Crippen molar-refractivity contribution in [1.29, 1.82) is 0 Å². The Morgan fingerprint density at radius 2 is 2.17 bits per heavy atom. The maximum atomic E-state index is 5.81. The van der Waals surface area contributed by atoms with E-state index in [1.54, 1.807) is 0 Å². The van der Waals surface area contributed by atoms with E-state index in [1.807, 2.05) is 6.08 Å². The van der Waals surface area contributed by atoms with Crippen LogP contribution in [0.5, 0.6) is 0 Å². The molecule has 18 heavy (non-hydrogen) atoms. The van der Waals surface area contributed by atoms with E-state index in [-0.39, 0.29) is 6.51 Å². The van der Waals surface area contributed by atoms with Gasteiger partial charge in [0.25, 0.3) is 0 Å². The molecule has 0 saturated heterocycles. The summed E-state index contributed by atoms with van der Waals surface area (Å²) in [5.74, 6) is 1.45. The molecule has 0 atom stereocenters. The predicted molar refractivity (Wildman–Crippen MR) is 70.9 cm³/mol. The molecule has 3 nitrogen and oxygen atoms in total. The zero-order valence-corrected chi connectivity index (χ0v) is 10.2. The number of fused-ring (bicyclic) bond motifs is 1. The number of ether oxygens (including phenoxy) is 1. The van der Waals surface area contributed by atoms with E-state index in [4.69, 9.17) is 17.0 Å². The van der Waals surface area contributed by atoms with E-state index in [9.17, 15) is 0 Å². The number of aromatic nitrogens is 1. The summed E-state index contributed by atoms with van der Waals surface area (Å²) in [7, 11) is 5.44. The molecule has 0 saturated carbocycles. The Kier molecular flexibility index (Phi) is 3.09. The lowest BCUT2D eigenvalue weighted by atomic mass is 10.0. The first-order valence-corrected chi connectivity index (χ1v) is 6.28. The van der Waals surface area contributed by atoms with Gasteiger partial charge in [0.1, 0.15) is 19.0 Å². The zero-order chi connectivity index (χ0) is 12.4. The van der Waals surface area contributed by atoms with Crippen LogP contribution in [0.2, 0.25) is 0 Å². The van der Waals surface area contributed by atoms with Crippen molar-refractivity contribution >= 4 is 25.6 Å². The molecule has 3 rings (SSSR count). The third-order valence-corrected chi connectivity index (χ3v) is 3.14. The zero-order valence-electron chi connectivity index (χ0n) is 10.2. The minimum atomic E-state index is 0.168. The van der Waals surface area contributed by atoms with Gasteiger partial charge in [0.05, 0.1) is 5.57 Å². The summed E-state index contributed by atoms with van der Waals surface area (Å²) >= 11 is 0. The van der Waals surface area contributed by atoms with Gasteiger partial charge < -0.3 is 9.15 Å². The second kappa shape index (κ2) is 4.88. The summed E-state index contributed by atoms with van der Waals surface area (Å²) in [6, 6.07) is 0. The highest BCUT2D eigenvalue weighted by Crippen LogP contribution is 2.26. The third-order valence-electron chi connectivity index (χ3n) is 3.14. The van der Waals surface area contributed by atoms with Crippen LogP contribution in [0, 0.1) is 0 Å². The van der Waals surface area contributed by atoms with E-state index in [1.165, 1.54) is 0 Å². The smallest absolute Gasteiger partial charge is 0.226 e. The molecule has 0 N–H and O–H groups in total. The molecule has 0 spiro atoms. The molecule has 2 aliphatic carbocycles. The fourth-order valence-electron chi connectivity index (χ4n) is 2.28. The Labute approximate surface area is 107 Å². The van der Waals surface area contributed by atoms with Crippen LogP contribution in [-0.4, -0.2) is 19.3 Å². The normalized spacial score (nSPS) is 18.0. The summed E-state index contributed by atoms with van der Waals surface area (Å²) < 4.78 is 11.2. The molecule has 2 radical (unpaired) electrons. The van der Waals surface area contributed by atoms with Crippen molar-refractivity contribution in [3.63, 3.8) is 0 Å². The predicted octanol–water partition coefficient (Wildman–Crippen LogP) is 1.23. The van der Waals surface area contributed by atoms with Gasteiger partial charge >= 0.3 is 0 Å². The van der Waals surface area contributed by atoms with Crippen molar-refractivity contribution in [2.24, 2.45) is 0 Å². The molecule has 1 heterocycles. The van der Waals surface area contributed by atoms with Crippen LogP contribution in [0.15, 0.2) is 22.3 Å². The third kappa shape index (κ3) is 2.03. The maximum absolute atomic E-state index is 5.81. The van der Waals surface area contributed by atoms with Gasteiger partial charge in [-0.2, -0.15) is 0 Å². The molecule has 1 aromatic rings. The van der Waals surface area contributed by atoms with E-state index in [0.29, 0.717) is 5.89 Å². The largest absolute Gasteiger partial charge is 0.503 e. The summed E-state index contributed by atoms with van der Waals surface area (Å²) in [5.41, 5.74) is 1.89. The lowest BCUT2D eigenvalue weighted by Gasteiger charge is -2.13. The molecular formula is C14H14BNO2. The Morgan fingerprint density at radius 1 is 1.28 bits per heavy atom. The maximum Gasteiger partial charge on any atom is 0.226 e. The first-order chi connectivity index (χ1) is 8.88. The SMILES string of the molecule is [B]COC1=C(c2nc3c(o2)=CCCC=3)CCC=C1. The minimum Gasteiger partial charge on any atom is -0.503 e. The van der Waals surface area contributed by atoms with Crippen molar-refractivity contribution in [3.8, 4) is 0 Å². The highest BCUT2D eigenvalue weighted by atomic mass is 16.5. The van der Waals surface area contributed by atoms with Gasteiger partial charge in [0.15, 0.2) is 5.42 Å². The quantitative estimate of drug-likeness (QED) is 0.744. The monoisotopic (exact) mass is 239 g/mol. The van der Waals surface area contributed by atoms with Crippen LogP contribution in [0.1, 0.15) is 31.6 Å². The molecule has 2 aliphatic rings. The Hall–Kier alpha value is -1.71. The van der Waals surface area contributed by atoms with Gasteiger partial charge in [-0.15, -0.1) is 0 Å². The Bertz CT molecular complexity index is 591. The number of oxazole rings is 1. The molecule has 0 fully saturated rings. The number of hydrogen-bond acceptors (Lipinski definition) is 3. The number of nitrogens with zero attached hydrogens (tertiary/aromatic N) is 1. The van der Waals surface area contributed by atoms with Crippen LogP contribution in [-0.2, 0) is 4.74 Å². The van der Waals surface area contributed by atoms with E-state index >= 15 is 0 Å². The van der Waals surface area contributed by atoms with Gasteiger partial charge in [-0.25, -0.2) is 4.98 Å². The van der Waals surface area contributed by atoms with E-state index in [0.717, 1.165) is 47.8 Å². The lowest BCUT2D eigenvalue weighted by molar-refractivity contribution is 0.281. The van der Waals surface area contributed by atoms with Crippen molar-refractivity contribution in [1.82, 2.24) is 4.98 Å². The summed E-state index contributed by atoms with van der Waals surface area (Å²) in [6.07, 6.45) is 12.1. The van der Waals surface area contributed by atoms with Gasteiger partial charge in [0.2, 0.25) is 5.89 Å². The second-order valence-corrected chi connectivity index (χ2v) is 4.35. The van der Waals surface area contributed by atoms with Crippen LogP contribution in [0.3, 0.4) is 0 Å². The van der Waals surface area contributed by atoms with Crippen molar-refractivity contribution in [3.05, 3.63) is 34.6 Å². The molecule has 0 bridgehead atoms. The van der Waals surface area contributed by atoms with Crippen molar-refractivity contribution in [2.45, 2.75) is 25.7 Å². The molecule has 90 valence electrons. The van der Waals surface area contributed by atoms with Gasteiger partial charge in [-0.3, -0.25) is 0 Å². The molecular weight excluding hydrogens is 225 g/mol. The highest BCUT2D eigenvalue weighted by Gasteiger charge is 2.17. The Morgan fingerprint density at radius 3 is 3.00 bits per heavy atom. The molecule has 0 aromatic carbocycles. The number of allylic oxidation sites excluding steroid dienone is 3. The first-order valence-electron chi connectivity index (χ1n) is 6.28. The average molecular weight is 239 g/mol. The Balaban J connectivity index is 2.08. The number of hydrogen-bond donors (Lipinski definition) is 0. The minimum absolute atomic E-state index is 0.168. The van der Waals surface area contributed by atoms with Crippen LogP contribution in [0.4, 0.5) is 0 Å². The summed E-state index contributed by atoms with van der Waals surface area (Å²) in [6.45, 7) is 0.168. The van der Waals surface area contributed by atoms with Crippen LogP contribution < -0.4 is 10.8 Å². The van der Waals surface area contributed by atoms with Gasteiger partial charge in [-0.05, 0) is 37.8 Å². The molecule has 1 aromatic heterocycles. The molecule has 4 heteroatoms. The summed E-state index contributed by atoms with van der Waals surface area (Å²) in [4.78, 5) is 4.54. The number of rotatable bonds is 3. The standard InChI is InChI=1S/C14H14BNO2/c15-9-17-12-7-3-1-5-10(12)14-16-11-6-2-4-8-13(11)18-14/h3,6-8H,1-2,4-5,9H2.